The zero-order valence-electron chi connectivity index (χ0n) is 17.1. The third-order valence-electron chi connectivity index (χ3n) is 4.67. The molecule has 2 aromatic carbocycles. The summed E-state index contributed by atoms with van der Waals surface area (Å²) in [5.74, 6) is -0.182. The summed E-state index contributed by atoms with van der Waals surface area (Å²) in [5.41, 5.74) is 3.62. The number of carbonyl (C=O) groups excluding carboxylic acids is 2. The SMILES string of the molecule is COC(=O)COc1cccc(C(=O)N(Cc2cccnc2)Cc2ccccc2C)c1. The maximum Gasteiger partial charge on any atom is 0.343 e. The van der Waals surface area contributed by atoms with Crippen LogP contribution in [0.3, 0.4) is 0 Å². The average Bonchev–Trinajstić information content (AvgIpc) is 2.78. The molecule has 0 saturated carbocycles. The molecule has 1 heterocycles. The molecule has 6 heteroatoms. The van der Waals surface area contributed by atoms with Gasteiger partial charge in [0, 0.05) is 31.0 Å². The van der Waals surface area contributed by atoms with Gasteiger partial charge in [-0.05, 0) is 47.9 Å². The number of hydrogen-bond donors (Lipinski definition) is 0. The lowest BCUT2D eigenvalue weighted by Gasteiger charge is -2.24. The molecule has 154 valence electrons. The number of esters is 1. The highest BCUT2D eigenvalue weighted by molar-refractivity contribution is 5.94. The molecule has 0 fully saturated rings. The molecule has 0 N–H and O–H groups in total. The molecule has 0 aliphatic carbocycles. The molecule has 0 aliphatic rings. The number of ether oxygens (including phenoxy) is 2. The van der Waals surface area contributed by atoms with Crippen LogP contribution in [-0.4, -0.2) is 35.5 Å². The number of benzene rings is 2. The molecular weight excluding hydrogens is 380 g/mol. The fraction of sp³-hybridized carbons (Fsp3) is 0.208. The van der Waals surface area contributed by atoms with E-state index in [0.29, 0.717) is 24.4 Å². The lowest BCUT2D eigenvalue weighted by atomic mass is 10.1. The Hall–Kier alpha value is -3.67. The molecule has 30 heavy (non-hydrogen) atoms. The highest BCUT2D eigenvalue weighted by atomic mass is 16.6. The van der Waals surface area contributed by atoms with Crippen LogP contribution in [0.2, 0.25) is 0 Å². The molecule has 0 saturated heterocycles. The summed E-state index contributed by atoms with van der Waals surface area (Å²) in [6.07, 6.45) is 3.47. The molecule has 3 rings (SSSR count). The van der Waals surface area contributed by atoms with E-state index in [4.69, 9.17) is 4.74 Å². The molecule has 0 radical (unpaired) electrons. The standard InChI is InChI=1S/C24H24N2O4/c1-18-7-3-4-9-21(18)16-26(15-19-8-6-12-25-14-19)24(28)20-10-5-11-22(13-20)30-17-23(27)29-2/h3-14H,15-17H2,1-2H3. The summed E-state index contributed by atoms with van der Waals surface area (Å²) in [5, 5.41) is 0. The van der Waals surface area contributed by atoms with E-state index in [1.807, 2.05) is 43.3 Å². The van der Waals surface area contributed by atoms with Crippen LogP contribution in [-0.2, 0) is 22.6 Å². The van der Waals surface area contributed by atoms with Crippen molar-refractivity contribution in [2.45, 2.75) is 20.0 Å². The van der Waals surface area contributed by atoms with E-state index in [0.717, 1.165) is 16.7 Å². The largest absolute Gasteiger partial charge is 0.482 e. The fourth-order valence-electron chi connectivity index (χ4n) is 3.01. The average molecular weight is 404 g/mol. The van der Waals surface area contributed by atoms with Gasteiger partial charge in [-0.25, -0.2) is 4.79 Å². The summed E-state index contributed by atoms with van der Waals surface area (Å²) in [7, 11) is 1.30. The molecule has 0 aliphatic heterocycles. The van der Waals surface area contributed by atoms with Crippen molar-refractivity contribution in [3.8, 4) is 5.75 Å². The maximum atomic E-state index is 13.4. The fourth-order valence-corrected chi connectivity index (χ4v) is 3.01. The van der Waals surface area contributed by atoms with Crippen molar-refractivity contribution in [3.63, 3.8) is 0 Å². The Morgan fingerprint density at radius 3 is 2.57 bits per heavy atom. The van der Waals surface area contributed by atoms with Gasteiger partial charge in [-0.3, -0.25) is 9.78 Å². The van der Waals surface area contributed by atoms with Crippen molar-refractivity contribution in [2.24, 2.45) is 0 Å². The molecule has 3 aromatic rings. The van der Waals surface area contributed by atoms with E-state index >= 15 is 0 Å². The van der Waals surface area contributed by atoms with Gasteiger partial charge in [-0.15, -0.1) is 0 Å². The first kappa shape index (κ1) is 21.0. The minimum Gasteiger partial charge on any atom is -0.482 e. The Morgan fingerprint density at radius 2 is 1.83 bits per heavy atom. The zero-order chi connectivity index (χ0) is 21.3. The van der Waals surface area contributed by atoms with Crippen LogP contribution in [0.15, 0.2) is 73.1 Å². The van der Waals surface area contributed by atoms with Crippen molar-refractivity contribution < 1.29 is 19.1 Å². The van der Waals surface area contributed by atoms with Gasteiger partial charge in [0.25, 0.3) is 5.91 Å². The number of pyridine rings is 1. The van der Waals surface area contributed by atoms with Crippen LogP contribution in [0.4, 0.5) is 0 Å². The second-order valence-electron chi connectivity index (χ2n) is 6.84. The van der Waals surface area contributed by atoms with Crippen molar-refractivity contribution in [3.05, 3.63) is 95.3 Å². The number of carbonyl (C=O) groups is 2. The van der Waals surface area contributed by atoms with Gasteiger partial charge in [0.05, 0.1) is 7.11 Å². The molecule has 6 nitrogen and oxygen atoms in total. The molecule has 1 aromatic heterocycles. The summed E-state index contributed by atoms with van der Waals surface area (Å²) < 4.78 is 10.0. The third-order valence-corrected chi connectivity index (χ3v) is 4.67. The van der Waals surface area contributed by atoms with Gasteiger partial charge in [0.15, 0.2) is 6.61 Å². The molecular formula is C24H24N2O4. The summed E-state index contributed by atoms with van der Waals surface area (Å²) in [4.78, 5) is 30.6. The van der Waals surface area contributed by atoms with Gasteiger partial charge in [-0.1, -0.05) is 36.4 Å². The van der Waals surface area contributed by atoms with Crippen LogP contribution in [0, 0.1) is 6.92 Å². The van der Waals surface area contributed by atoms with Gasteiger partial charge in [0.2, 0.25) is 0 Å². The van der Waals surface area contributed by atoms with E-state index in [-0.39, 0.29) is 12.5 Å². The number of methoxy groups -OCH3 is 1. The van der Waals surface area contributed by atoms with E-state index < -0.39 is 5.97 Å². The molecule has 0 spiro atoms. The van der Waals surface area contributed by atoms with Crippen molar-refractivity contribution in [1.82, 2.24) is 9.88 Å². The number of amides is 1. The Balaban J connectivity index is 1.84. The van der Waals surface area contributed by atoms with Gasteiger partial charge in [-0.2, -0.15) is 0 Å². The molecule has 0 unspecified atom stereocenters. The highest BCUT2D eigenvalue weighted by Crippen LogP contribution is 2.19. The van der Waals surface area contributed by atoms with Crippen LogP contribution in [0.1, 0.15) is 27.0 Å². The van der Waals surface area contributed by atoms with Crippen LogP contribution >= 0.6 is 0 Å². The zero-order valence-corrected chi connectivity index (χ0v) is 17.1. The van der Waals surface area contributed by atoms with Crippen molar-refractivity contribution in [1.29, 1.82) is 0 Å². The summed E-state index contributed by atoms with van der Waals surface area (Å²) in [6.45, 7) is 2.71. The molecule has 0 bridgehead atoms. The second kappa shape index (κ2) is 10.2. The maximum absolute atomic E-state index is 13.4. The lowest BCUT2D eigenvalue weighted by Crippen LogP contribution is -2.30. The minimum absolute atomic E-state index is 0.134. The first-order chi connectivity index (χ1) is 14.6. The van der Waals surface area contributed by atoms with Gasteiger partial charge >= 0.3 is 5.97 Å². The summed E-state index contributed by atoms with van der Waals surface area (Å²) >= 11 is 0. The van der Waals surface area contributed by atoms with E-state index in [1.165, 1.54) is 7.11 Å². The lowest BCUT2D eigenvalue weighted by molar-refractivity contribution is -0.142. The van der Waals surface area contributed by atoms with E-state index in [2.05, 4.69) is 9.72 Å². The normalized spacial score (nSPS) is 10.3. The number of rotatable bonds is 8. The smallest absolute Gasteiger partial charge is 0.343 e. The quantitative estimate of drug-likeness (QED) is 0.535. The number of nitrogens with zero attached hydrogens (tertiary/aromatic N) is 2. The van der Waals surface area contributed by atoms with Crippen LogP contribution in [0.5, 0.6) is 5.75 Å². The topological polar surface area (TPSA) is 68.7 Å². The minimum atomic E-state index is -0.482. The molecule has 1 amide bonds. The summed E-state index contributed by atoms with van der Waals surface area (Å²) in [6, 6.07) is 18.6. The predicted octanol–water partition coefficient (Wildman–Crippen LogP) is 3.78. The molecule has 0 atom stereocenters. The van der Waals surface area contributed by atoms with E-state index in [1.54, 1.807) is 41.6 Å². The van der Waals surface area contributed by atoms with E-state index in [9.17, 15) is 9.59 Å². The van der Waals surface area contributed by atoms with Crippen LogP contribution in [0.25, 0.3) is 0 Å². The Morgan fingerprint density at radius 1 is 1.00 bits per heavy atom. The van der Waals surface area contributed by atoms with Gasteiger partial charge in [0.1, 0.15) is 5.75 Å². The van der Waals surface area contributed by atoms with Crippen molar-refractivity contribution in [2.75, 3.05) is 13.7 Å². The van der Waals surface area contributed by atoms with Gasteiger partial charge < -0.3 is 14.4 Å². The predicted molar refractivity (Wildman–Crippen MR) is 113 cm³/mol. The number of aromatic nitrogens is 1. The Kier molecular flexibility index (Phi) is 7.16. The highest BCUT2D eigenvalue weighted by Gasteiger charge is 2.18. The number of aryl methyl sites for hydroxylation is 1. The Bertz CT molecular complexity index is 1000. The van der Waals surface area contributed by atoms with Crippen molar-refractivity contribution >= 4 is 11.9 Å². The second-order valence-corrected chi connectivity index (χ2v) is 6.84. The third kappa shape index (κ3) is 5.67. The number of hydrogen-bond acceptors (Lipinski definition) is 5. The van der Waals surface area contributed by atoms with Crippen LogP contribution < -0.4 is 4.74 Å². The Labute approximate surface area is 176 Å². The monoisotopic (exact) mass is 404 g/mol. The first-order valence-electron chi connectivity index (χ1n) is 9.59. The first-order valence-corrected chi connectivity index (χ1v) is 9.59.